The number of carbonyl (C=O) groups is 1. The number of halogens is 4. The molecule has 1 saturated carbocycles. The normalized spacial score (nSPS) is 19.6. The van der Waals surface area contributed by atoms with Crippen molar-refractivity contribution in [2.24, 2.45) is 11.7 Å². The van der Waals surface area contributed by atoms with E-state index in [0.717, 1.165) is 12.8 Å². The van der Waals surface area contributed by atoms with E-state index in [2.05, 4.69) is 5.32 Å². The third kappa shape index (κ3) is 5.57. The first-order valence-electron chi connectivity index (χ1n) is 6.49. The van der Waals surface area contributed by atoms with Gasteiger partial charge in [0.25, 0.3) is 0 Å². The van der Waals surface area contributed by atoms with Gasteiger partial charge in [-0.05, 0) is 25.2 Å². The predicted molar refractivity (Wildman–Crippen MR) is 70.1 cm³/mol. The Morgan fingerprint density at radius 2 is 1.89 bits per heavy atom. The molecule has 0 aliphatic heterocycles. The SMILES string of the molecule is CCCC(N)C(=O)NC(C1CCCC1)C(F)(F)F.Cl. The van der Waals surface area contributed by atoms with Crippen LogP contribution in [0.4, 0.5) is 13.2 Å². The molecule has 1 rings (SSSR count). The van der Waals surface area contributed by atoms with Gasteiger partial charge in [-0.2, -0.15) is 13.2 Å². The van der Waals surface area contributed by atoms with E-state index in [-0.39, 0.29) is 12.4 Å². The first kappa shape index (κ1) is 18.5. The van der Waals surface area contributed by atoms with Gasteiger partial charge in [0.15, 0.2) is 0 Å². The summed E-state index contributed by atoms with van der Waals surface area (Å²) in [6, 6.07) is -2.59. The van der Waals surface area contributed by atoms with Crippen LogP contribution in [0.2, 0.25) is 0 Å². The molecule has 2 unspecified atom stereocenters. The van der Waals surface area contributed by atoms with Gasteiger partial charge in [-0.1, -0.05) is 26.2 Å². The second kappa shape index (κ2) is 7.94. The molecule has 3 nitrogen and oxygen atoms in total. The minimum atomic E-state index is -4.39. The summed E-state index contributed by atoms with van der Waals surface area (Å²) in [4.78, 5) is 11.6. The molecule has 19 heavy (non-hydrogen) atoms. The van der Waals surface area contributed by atoms with Crippen LogP contribution in [0.1, 0.15) is 45.4 Å². The Labute approximate surface area is 117 Å². The van der Waals surface area contributed by atoms with Gasteiger partial charge in [0, 0.05) is 0 Å². The summed E-state index contributed by atoms with van der Waals surface area (Å²) in [5.41, 5.74) is 5.54. The number of hydrogen-bond acceptors (Lipinski definition) is 2. The first-order chi connectivity index (χ1) is 8.36. The average molecular weight is 303 g/mol. The van der Waals surface area contributed by atoms with Gasteiger partial charge >= 0.3 is 6.18 Å². The molecular formula is C12H22ClF3N2O. The third-order valence-electron chi connectivity index (χ3n) is 3.46. The third-order valence-corrected chi connectivity index (χ3v) is 3.46. The van der Waals surface area contributed by atoms with Crippen LogP contribution < -0.4 is 11.1 Å². The van der Waals surface area contributed by atoms with Gasteiger partial charge < -0.3 is 11.1 Å². The lowest BCUT2D eigenvalue weighted by molar-refractivity contribution is -0.172. The van der Waals surface area contributed by atoms with Crippen molar-refractivity contribution in [3.8, 4) is 0 Å². The highest BCUT2D eigenvalue weighted by atomic mass is 35.5. The van der Waals surface area contributed by atoms with Crippen molar-refractivity contribution < 1.29 is 18.0 Å². The van der Waals surface area contributed by atoms with Gasteiger partial charge in [-0.25, -0.2) is 0 Å². The molecular weight excluding hydrogens is 281 g/mol. The molecule has 0 heterocycles. The van der Waals surface area contributed by atoms with Gasteiger partial charge in [0.1, 0.15) is 6.04 Å². The maximum absolute atomic E-state index is 12.9. The van der Waals surface area contributed by atoms with E-state index in [0.29, 0.717) is 25.7 Å². The Hall–Kier alpha value is -0.490. The number of amides is 1. The molecule has 0 aromatic carbocycles. The quantitative estimate of drug-likeness (QED) is 0.820. The summed E-state index contributed by atoms with van der Waals surface area (Å²) < 4.78 is 38.8. The number of carbonyl (C=O) groups excluding carboxylic acids is 1. The summed E-state index contributed by atoms with van der Waals surface area (Å²) in [5.74, 6) is -1.19. The molecule has 1 fully saturated rings. The topological polar surface area (TPSA) is 55.1 Å². The van der Waals surface area contributed by atoms with Crippen LogP contribution in [-0.4, -0.2) is 24.2 Å². The second-order valence-electron chi connectivity index (χ2n) is 4.97. The number of hydrogen-bond donors (Lipinski definition) is 2. The fraction of sp³-hybridized carbons (Fsp3) is 0.917. The molecule has 0 aromatic rings. The molecule has 1 amide bonds. The van der Waals surface area contributed by atoms with E-state index in [4.69, 9.17) is 5.73 Å². The molecule has 0 bridgehead atoms. The lowest BCUT2D eigenvalue weighted by Gasteiger charge is -2.28. The number of alkyl halides is 3. The molecule has 0 saturated heterocycles. The van der Waals surface area contributed by atoms with E-state index < -0.39 is 30.1 Å². The minimum Gasteiger partial charge on any atom is -0.343 e. The van der Waals surface area contributed by atoms with E-state index in [1.54, 1.807) is 0 Å². The Morgan fingerprint density at radius 3 is 2.32 bits per heavy atom. The smallest absolute Gasteiger partial charge is 0.343 e. The Morgan fingerprint density at radius 1 is 1.37 bits per heavy atom. The van der Waals surface area contributed by atoms with Gasteiger partial charge in [0.05, 0.1) is 6.04 Å². The van der Waals surface area contributed by atoms with Gasteiger partial charge in [0.2, 0.25) is 5.91 Å². The van der Waals surface area contributed by atoms with Crippen molar-refractivity contribution >= 4 is 18.3 Å². The summed E-state index contributed by atoms with van der Waals surface area (Å²) in [6.07, 6.45) is -0.671. The Balaban J connectivity index is 0.00000324. The molecule has 1 aliphatic rings. The number of rotatable bonds is 5. The van der Waals surface area contributed by atoms with Crippen molar-refractivity contribution in [1.82, 2.24) is 5.32 Å². The maximum Gasteiger partial charge on any atom is 0.408 e. The van der Waals surface area contributed by atoms with E-state index in [1.807, 2.05) is 6.92 Å². The van der Waals surface area contributed by atoms with Gasteiger partial charge in [-0.3, -0.25) is 4.79 Å². The zero-order chi connectivity index (χ0) is 13.8. The molecule has 3 N–H and O–H groups in total. The fourth-order valence-electron chi connectivity index (χ4n) is 2.46. The molecule has 0 aromatic heterocycles. The van der Waals surface area contributed by atoms with E-state index >= 15 is 0 Å². The summed E-state index contributed by atoms with van der Waals surface area (Å²) >= 11 is 0. The standard InChI is InChI=1S/C12H21F3N2O.ClH/c1-2-5-9(16)11(18)17-10(12(13,14)15)8-6-3-4-7-8;/h8-10H,2-7,16H2,1H3,(H,17,18);1H. The van der Waals surface area contributed by atoms with Gasteiger partial charge in [-0.15, -0.1) is 12.4 Å². The second-order valence-corrected chi connectivity index (χ2v) is 4.97. The van der Waals surface area contributed by atoms with Crippen molar-refractivity contribution in [2.75, 3.05) is 0 Å². The molecule has 7 heteroatoms. The van der Waals surface area contributed by atoms with Crippen LogP contribution in [-0.2, 0) is 4.79 Å². The zero-order valence-electron chi connectivity index (χ0n) is 11.0. The summed E-state index contributed by atoms with van der Waals surface area (Å²) in [5, 5.41) is 2.09. The number of nitrogens with two attached hydrogens (primary N) is 1. The summed E-state index contributed by atoms with van der Waals surface area (Å²) in [7, 11) is 0. The zero-order valence-corrected chi connectivity index (χ0v) is 11.8. The largest absolute Gasteiger partial charge is 0.408 e. The first-order valence-corrected chi connectivity index (χ1v) is 6.49. The highest BCUT2D eigenvalue weighted by molar-refractivity contribution is 5.85. The average Bonchev–Trinajstić information content (AvgIpc) is 2.77. The highest BCUT2D eigenvalue weighted by Gasteiger charge is 2.46. The number of nitrogens with one attached hydrogen (secondary N) is 1. The molecule has 0 radical (unpaired) electrons. The van der Waals surface area contributed by atoms with Crippen LogP contribution in [0.5, 0.6) is 0 Å². The molecule has 0 spiro atoms. The van der Waals surface area contributed by atoms with Crippen LogP contribution in [0.25, 0.3) is 0 Å². The fourth-order valence-corrected chi connectivity index (χ4v) is 2.46. The minimum absolute atomic E-state index is 0. The van der Waals surface area contributed by atoms with Crippen molar-refractivity contribution in [1.29, 1.82) is 0 Å². The summed E-state index contributed by atoms with van der Waals surface area (Å²) in [6.45, 7) is 1.84. The highest BCUT2D eigenvalue weighted by Crippen LogP contribution is 2.35. The van der Waals surface area contributed by atoms with Crippen molar-refractivity contribution in [3.63, 3.8) is 0 Å². The van der Waals surface area contributed by atoms with Crippen LogP contribution in [0.15, 0.2) is 0 Å². The molecule has 2 atom stereocenters. The van der Waals surface area contributed by atoms with Crippen molar-refractivity contribution in [3.05, 3.63) is 0 Å². The maximum atomic E-state index is 12.9. The van der Waals surface area contributed by atoms with Crippen molar-refractivity contribution in [2.45, 2.75) is 63.7 Å². The predicted octanol–water partition coefficient (Wildman–Crippen LogP) is 2.77. The van der Waals surface area contributed by atoms with Crippen LogP contribution in [0.3, 0.4) is 0 Å². The Bertz CT molecular complexity index is 281. The monoisotopic (exact) mass is 302 g/mol. The van der Waals surface area contributed by atoms with E-state index in [9.17, 15) is 18.0 Å². The van der Waals surface area contributed by atoms with E-state index in [1.165, 1.54) is 0 Å². The Kier molecular flexibility index (Phi) is 7.74. The molecule has 1 aliphatic carbocycles. The van der Waals surface area contributed by atoms with Crippen LogP contribution in [0, 0.1) is 5.92 Å². The van der Waals surface area contributed by atoms with Crippen LogP contribution >= 0.6 is 12.4 Å². The molecule has 114 valence electrons. The lowest BCUT2D eigenvalue weighted by Crippen LogP contribution is -2.53. The lowest BCUT2D eigenvalue weighted by atomic mass is 9.97.